The molecule has 1 aliphatic heterocycles. The van der Waals surface area contributed by atoms with Gasteiger partial charge < -0.3 is 15.0 Å². The smallest absolute Gasteiger partial charge is 0.0749 e. The molecule has 1 aliphatic rings. The van der Waals surface area contributed by atoms with Crippen LogP contribution in [0.3, 0.4) is 0 Å². The van der Waals surface area contributed by atoms with Gasteiger partial charge in [-0.3, -0.25) is 0 Å². The van der Waals surface area contributed by atoms with Gasteiger partial charge in [0.25, 0.3) is 0 Å². The molecule has 0 bridgehead atoms. The molecule has 1 aromatic carbocycles. The van der Waals surface area contributed by atoms with Gasteiger partial charge in [-0.25, -0.2) is 0 Å². The van der Waals surface area contributed by atoms with Gasteiger partial charge in [0.2, 0.25) is 0 Å². The molecule has 4 heteroatoms. The third-order valence-electron chi connectivity index (χ3n) is 4.13. The zero-order valence-corrected chi connectivity index (χ0v) is 14.9. The minimum absolute atomic E-state index is 0.354. The Balaban J connectivity index is 2.13. The maximum atomic E-state index is 5.88. The second kappa shape index (κ2) is 8.16. The Bertz CT molecular complexity index is 446. The van der Waals surface area contributed by atoms with Crippen LogP contribution in [0.15, 0.2) is 22.7 Å². The van der Waals surface area contributed by atoms with E-state index in [0.717, 1.165) is 24.2 Å². The van der Waals surface area contributed by atoms with Crippen molar-refractivity contribution >= 4 is 21.6 Å². The van der Waals surface area contributed by atoms with E-state index in [0.29, 0.717) is 12.1 Å². The molecule has 1 fully saturated rings. The molecule has 21 heavy (non-hydrogen) atoms. The Morgan fingerprint density at radius 1 is 1.43 bits per heavy atom. The molecule has 2 atom stereocenters. The van der Waals surface area contributed by atoms with Crippen LogP contribution in [0.25, 0.3) is 0 Å². The molecule has 1 N–H and O–H groups in total. The molecular formula is C17H27BrN2O. The van der Waals surface area contributed by atoms with Crippen molar-refractivity contribution in [3.05, 3.63) is 28.2 Å². The van der Waals surface area contributed by atoms with Gasteiger partial charge in [0, 0.05) is 36.4 Å². The molecule has 0 saturated carbocycles. The fourth-order valence-electron chi connectivity index (χ4n) is 2.98. The summed E-state index contributed by atoms with van der Waals surface area (Å²) in [6.07, 6.45) is 4.04. The number of ether oxygens (including phenoxy) is 1. The number of nitrogens with one attached hydrogen (secondary N) is 1. The van der Waals surface area contributed by atoms with Crippen molar-refractivity contribution in [1.82, 2.24) is 5.32 Å². The van der Waals surface area contributed by atoms with E-state index in [1.54, 1.807) is 0 Å². The highest BCUT2D eigenvalue weighted by molar-refractivity contribution is 9.10. The predicted molar refractivity (Wildman–Crippen MR) is 93.1 cm³/mol. The summed E-state index contributed by atoms with van der Waals surface area (Å²) in [5.41, 5.74) is 2.63. The van der Waals surface area contributed by atoms with Crippen molar-refractivity contribution < 1.29 is 4.74 Å². The van der Waals surface area contributed by atoms with Crippen LogP contribution in [0.4, 0.5) is 5.69 Å². The largest absolute Gasteiger partial charge is 0.376 e. The third-order valence-corrected chi connectivity index (χ3v) is 4.63. The number of likely N-dealkylation sites (N-methyl/N-ethyl adjacent to an activating group) is 1. The first kappa shape index (κ1) is 16.8. The zero-order chi connectivity index (χ0) is 15.2. The average Bonchev–Trinajstić information content (AvgIpc) is 2.48. The van der Waals surface area contributed by atoms with Gasteiger partial charge in [0.15, 0.2) is 0 Å². The Labute approximate surface area is 137 Å². The van der Waals surface area contributed by atoms with Crippen molar-refractivity contribution in [1.29, 1.82) is 0 Å². The molecule has 2 rings (SSSR count). The van der Waals surface area contributed by atoms with Crippen LogP contribution in [0.2, 0.25) is 0 Å². The maximum absolute atomic E-state index is 5.88. The summed E-state index contributed by atoms with van der Waals surface area (Å²) in [4.78, 5) is 2.34. The van der Waals surface area contributed by atoms with Crippen LogP contribution in [0, 0.1) is 0 Å². The van der Waals surface area contributed by atoms with Gasteiger partial charge >= 0.3 is 0 Å². The van der Waals surface area contributed by atoms with E-state index in [1.165, 1.54) is 30.5 Å². The number of benzene rings is 1. The average molecular weight is 355 g/mol. The molecular weight excluding hydrogens is 328 g/mol. The van der Waals surface area contributed by atoms with Gasteiger partial charge in [-0.2, -0.15) is 0 Å². The molecule has 0 aliphatic carbocycles. The normalized spacial score (nSPS) is 20.3. The fourth-order valence-corrected chi connectivity index (χ4v) is 3.33. The molecule has 1 saturated heterocycles. The monoisotopic (exact) mass is 354 g/mol. The van der Waals surface area contributed by atoms with E-state index < -0.39 is 0 Å². The number of nitrogens with zero attached hydrogens (tertiary/aromatic N) is 1. The number of hydrogen-bond acceptors (Lipinski definition) is 3. The molecule has 1 heterocycles. The Morgan fingerprint density at radius 3 is 2.90 bits per heavy atom. The lowest BCUT2D eigenvalue weighted by Gasteiger charge is -2.31. The van der Waals surface area contributed by atoms with Crippen molar-refractivity contribution in [2.45, 2.75) is 45.3 Å². The highest BCUT2D eigenvalue weighted by Gasteiger charge is 2.19. The van der Waals surface area contributed by atoms with Crippen molar-refractivity contribution in [3.63, 3.8) is 0 Å². The van der Waals surface area contributed by atoms with E-state index in [4.69, 9.17) is 4.74 Å². The molecule has 0 spiro atoms. The summed E-state index contributed by atoms with van der Waals surface area (Å²) in [6.45, 7) is 7.22. The van der Waals surface area contributed by atoms with Crippen molar-refractivity contribution in [2.75, 3.05) is 31.6 Å². The highest BCUT2D eigenvalue weighted by atomic mass is 79.9. The summed E-state index contributed by atoms with van der Waals surface area (Å²) in [7, 11) is 2.17. The van der Waals surface area contributed by atoms with Gasteiger partial charge in [-0.1, -0.05) is 28.9 Å². The minimum atomic E-state index is 0.354. The van der Waals surface area contributed by atoms with Crippen LogP contribution in [-0.4, -0.2) is 32.8 Å². The second-order valence-electron chi connectivity index (χ2n) is 5.85. The molecule has 1 aromatic rings. The molecule has 2 unspecified atom stereocenters. The standard InChI is InChI=1S/C17H27BrN2O/c1-4-19-13(2)16-9-8-14(18)11-17(16)20(3)12-15-7-5-6-10-21-15/h8-9,11,13,15,19H,4-7,10,12H2,1-3H3. The van der Waals surface area contributed by atoms with E-state index in [9.17, 15) is 0 Å². The summed E-state index contributed by atoms with van der Waals surface area (Å²) < 4.78 is 7.01. The lowest BCUT2D eigenvalue weighted by Crippen LogP contribution is -2.34. The van der Waals surface area contributed by atoms with Gasteiger partial charge in [-0.15, -0.1) is 0 Å². The van der Waals surface area contributed by atoms with Crippen LogP contribution >= 0.6 is 15.9 Å². The lowest BCUT2D eigenvalue weighted by molar-refractivity contribution is 0.0216. The fraction of sp³-hybridized carbons (Fsp3) is 0.647. The van der Waals surface area contributed by atoms with E-state index in [-0.39, 0.29) is 0 Å². The molecule has 3 nitrogen and oxygen atoms in total. The number of hydrogen-bond donors (Lipinski definition) is 1. The van der Waals surface area contributed by atoms with Gasteiger partial charge in [-0.05, 0) is 50.4 Å². The van der Waals surface area contributed by atoms with E-state index in [1.807, 2.05) is 0 Å². The molecule has 0 aromatic heterocycles. The molecule has 0 radical (unpaired) electrons. The first-order chi connectivity index (χ1) is 10.1. The minimum Gasteiger partial charge on any atom is -0.376 e. The summed E-state index contributed by atoms with van der Waals surface area (Å²) >= 11 is 3.60. The Hall–Kier alpha value is -0.580. The topological polar surface area (TPSA) is 24.5 Å². The maximum Gasteiger partial charge on any atom is 0.0749 e. The quantitative estimate of drug-likeness (QED) is 0.831. The lowest BCUT2D eigenvalue weighted by atomic mass is 10.0. The van der Waals surface area contributed by atoms with Gasteiger partial charge in [0.05, 0.1) is 6.10 Å². The second-order valence-corrected chi connectivity index (χ2v) is 6.77. The Morgan fingerprint density at radius 2 is 2.24 bits per heavy atom. The van der Waals surface area contributed by atoms with Crippen molar-refractivity contribution in [2.24, 2.45) is 0 Å². The Kier molecular flexibility index (Phi) is 6.52. The van der Waals surface area contributed by atoms with Crippen LogP contribution in [0.1, 0.15) is 44.7 Å². The summed E-state index contributed by atoms with van der Waals surface area (Å²) in [6, 6.07) is 6.90. The van der Waals surface area contributed by atoms with E-state index >= 15 is 0 Å². The summed E-state index contributed by atoms with van der Waals surface area (Å²) in [5, 5.41) is 3.51. The number of halogens is 1. The molecule has 118 valence electrons. The SMILES string of the molecule is CCNC(C)c1ccc(Br)cc1N(C)CC1CCCCO1. The zero-order valence-electron chi connectivity index (χ0n) is 13.4. The highest BCUT2D eigenvalue weighted by Crippen LogP contribution is 2.30. The van der Waals surface area contributed by atoms with Crippen molar-refractivity contribution in [3.8, 4) is 0 Å². The predicted octanol–water partition coefficient (Wildman–Crippen LogP) is 4.12. The van der Waals surface area contributed by atoms with Crippen LogP contribution < -0.4 is 10.2 Å². The third kappa shape index (κ3) is 4.70. The first-order valence-corrected chi connectivity index (χ1v) is 8.76. The molecule has 0 amide bonds. The van der Waals surface area contributed by atoms with E-state index in [2.05, 4.69) is 65.2 Å². The first-order valence-electron chi connectivity index (χ1n) is 7.97. The van der Waals surface area contributed by atoms with Gasteiger partial charge in [0.1, 0.15) is 0 Å². The number of rotatable bonds is 6. The number of anilines is 1. The van der Waals surface area contributed by atoms with Crippen LogP contribution in [0.5, 0.6) is 0 Å². The van der Waals surface area contributed by atoms with Crippen LogP contribution in [-0.2, 0) is 4.74 Å². The summed E-state index contributed by atoms with van der Waals surface area (Å²) in [5.74, 6) is 0.